The zero-order valence-corrected chi connectivity index (χ0v) is 26.9. The van der Waals surface area contributed by atoms with Gasteiger partial charge in [0.05, 0.1) is 29.1 Å². The fourth-order valence-corrected chi connectivity index (χ4v) is 9.50. The number of aliphatic hydroxyl groups is 1. The van der Waals surface area contributed by atoms with Crippen molar-refractivity contribution in [2.45, 2.75) is 77.3 Å². The van der Waals surface area contributed by atoms with Gasteiger partial charge in [0.15, 0.2) is 5.60 Å². The summed E-state index contributed by atoms with van der Waals surface area (Å²) < 4.78 is 23.9. The number of fused-ring (bicyclic) bond motifs is 3. The molecule has 0 aliphatic carbocycles. The summed E-state index contributed by atoms with van der Waals surface area (Å²) in [6.45, 7) is 11.6. The van der Waals surface area contributed by atoms with Crippen molar-refractivity contribution in [1.82, 2.24) is 9.78 Å². The van der Waals surface area contributed by atoms with Crippen molar-refractivity contribution in [3.63, 3.8) is 0 Å². The molecule has 2 aliphatic heterocycles. The Morgan fingerprint density at radius 1 is 1.14 bits per heavy atom. The number of carbonyl (C=O) groups excluding carboxylic acids is 1. The zero-order valence-electron chi connectivity index (χ0n) is 25.9. The number of benzene rings is 2. The Hall–Kier alpha value is -3.40. The molecule has 2 aliphatic rings. The Morgan fingerprint density at radius 2 is 1.88 bits per heavy atom. The van der Waals surface area contributed by atoms with Crippen LogP contribution in [0.3, 0.4) is 0 Å². The van der Waals surface area contributed by atoms with Gasteiger partial charge in [0, 0.05) is 35.6 Å². The number of halogens is 1. The predicted molar refractivity (Wildman–Crippen MR) is 172 cm³/mol. The highest BCUT2D eigenvalue weighted by atomic mass is 28.4. The highest BCUT2D eigenvalue weighted by Crippen LogP contribution is 2.60. The summed E-state index contributed by atoms with van der Waals surface area (Å²) in [6, 6.07) is 12.7. The summed E-state index contributed by atoms with van der Waals surface area (Å²) in [5.74, 6) is -0.714. The Kier molecular flexibility index (Phi) is 8.62. The van der Waals surface area contributed by atoms with Gasteiger partial charge in [-0.15, -0.1) is 0 Å². The summed E-state index contributed by atoms with van der Waals surface area (Å²) in [6.07, 6.45) is 7.37. The first kappa shape index (κ1) is 31.0. The summed E-state index contributed by atoms with van der Waals surface area (Å²) in [7, 11) is -3.32. The maximum absolute atomic E-state index is 15.9. The average molecular weight is 604 g/mol. The number of carbonyl (C=O) groups is 1. The Balaban J connectivity index is 1.63. The summed E-state index contributed by atoms with van der Waals surface area (Å²) in [5, 5.41) is 15.6. The molecule has 1 spiro atoms. The molecular formula is C34H42FN3O4Si. The molecule has 1 N–H and O–H groups in total. The minimum Gasteiger partial charge on any atom is -0.396 e. The van der Waals surface area contributed by atoms with E-state index in [0.29, 0.717) is 28.9 Å². The van der Waals surface area contributed by atoms with Gasteiger partial charge in [-0.05, 0) is 77.4 Å². The van der Waals surface area contributed by atoms with E-state index >= 15 is 4.11 Å². The van der Waals surface area contributed by atoms with Crippen LogP contribution in [0.15, 0.2) is 76.8 Å². The van der Waals surface area contributed by atoms with Crippen molar-refractivity contribution in [3.8, 4) is 5.69 Å². The quantitative estimate of drug-likeness (QED) is 0.170. The number of amides is 1. The van der Waals surface area contributed by atoms with Crippen LogP contribution in [0.5, 0.6) is 0 Å². The second-order valence-corrected chi connectivity index (χ2v) is 16.5. The van der Waals surface area contributed by atoms with Gasteiger partial charge in [-0.1, -0.05) is 48.4 Å². The van der Waals surface area contributed by atoms with Gasteiger partial charge in [0.25, 0.3) is 11.5 Å². The van der Waals surface area contributed by atoms with Crippen LogP contribution in [-0.2, 0) is 15.1 Å². The van der Waals surface area contributed by atoms with Gasteiger partial charge < -0.3 is 18.9 Å². The number of rotatable bonds is 9. The number of hydrogen-bond acceptors (Lipinski definition) is 5. The van der Waals surface area contributed by atoms with Crippen LogP contribution in [0.25, 0.3) is 16.5 Å². The normalized spacial score (nSPS) is 23.8. The first-order chi connectivity index (χ1) is 20.4. The molecule has 9 heteroatoms. The molecule has 0 radical (unpaired) electrons. The standard InChI is InChI=1S/C34H42FN3O4Si/c1-22(2)10-9-11-23(3)16-18-37-29-15-14-26(38-32(40)27-13-8-7-12-25(27)21-36-38)20-28(29)34(33(37)41)24(4)31(43(5,6)35)30(42-34)17-19-39/h7-8,10,12-16,20-21,24,30-31,39H,9,11,17-19H2,1-6H3/b23-16+/t24-,30+,31-,34+/m0/s1. The summed E-state index contributed by atoms with van der Waals surface area (Å²) in [4.78, 5) is 29.7. The molecule has 228 valence electrons. The molecule has 1 saturated heterocycles. The van der Waals surface area contributed by atoms with Crippen molar-refractivity contribution in [1.29, 1.82) is 0 Å². The largest absolute Gasteiger partial charge is 0.396 e. The van der Waals surface area contributed by atoms with E-state index in [1.165, 1.54) is 15.8 Å². The number of nitrogens with zero attached hydrogens (tertiary/aromatic N) is 3. The molecule has 7 nitrogen and oxygen atoms in total. The van der Waals surface area contributed by atoms with E-state index in [1.54, 1.807) is 36.3 Å². The van der Waals surface area contributed by atoms with Crippen LogP contribution in [0.1, 0.15) is 52.5 Å². The Bertz CT molecular complexity index is 1660. The fourth-order valence-electron chi connectivity index (χ4n) is 6.96. The van der Waals surface area contributed by atoms with E-state index in [4.69, 9.17) is 4.74 Å². The molecule has 1 fully saturated rings. The lowest BCUT2D eigenvalue weighted by Crippen LogP contribution is -2.45. The lowest BCUT2D eigenvalue weighted by Gasteiger charge is -2.31. The third-order valence-corrected chi connectivity index (χ3v) is 11.5. The van der Waals surface area contributed by atoms with Gasteiger partial charge in [-0.2, -0.15) is 9.78 Å². The van der Waals surface area contributed by atoms with Crippen molar-refractivity contribution in [2.24, 2.45) is 5.92 Å². The maximum Gasteiger partial charge on any atom is 0.279 e. The van der Waals surface area contributed by atoms with Gasteiger partial charge in [-0.25, -0.2) is 0 Å². The minimum absolute atomic E-state index is 0.163. The third-order valence-electron chi connectivity index (χ3n) is 9.01. The van der Waals surface area contributed by atoms with Crippen LogP contribution in [0.4, 0.5) is 9.80 Å². The molecule has 0 unspecified atom stereocenters. The van der Waals surface area contributed by atoms with Gasteiger partial charge in [0.1, 0.15) is 0 Å². The Morgan fingerprint density at radius 3 is 2.58 bits per heavy atom. The molecule has 1 aromatic heterocycles. The molecule has 43 heavy (non-hydrogen) atoms. The predicted octanol–water partition coefficient (Wildman–Crippen LogP) is 6.58. The van der Waals surface area contributed by atoms with Crippen LogP contribution in [0.2, 0.25) is 18.6 Å². The highest BCUT2D eigenvalue weighted by molar-refractivity contribution is 6.72. The number of allylic oxidation sites excluding steroid dienone is 3. The first-order valence-corrected chi connectivity index (χ1v) is 18.1. The fraction of sp³-hybridized carbons (Fsp3) is 0.441. The second-order valence-electron chi connectivity index (χ2n) is 12.7. The molecular weight excluding hydrogens is 561 g/mol. The van der Waals surface area contributed by atoms with E-state index in [1.807, 2.05) is 37.3 Å². The number of ether oxygens (including phenoxy) is 1. The minimum atomic E-state index is -3.32. The zero-order chi connectivity index (χ0) is 31.1. The Labute approximate surface area is 253 Å². The lowest BCUT2D eigenvalue weighted by atomic mass is 9.82. The third kappa shape index (κ3) is 5.54. The second kappa shape index (κ2) is 11.9. The molecule has 3 heterocycles. The lowest BCUT2D eigenvalue weighted by molar-refractivity contribution is -0.146. The van der Waals surface area contributed by atoms with E-state index in [0.717, 1.165) is 18.2 Å². The van der Waals surface area contributed by atoms with E-state index < -0.39 is 31.6 Å². The van der Waals surface area contributed by atoms with Crippen LogP contribution >= 0.6 is 0 Å². The van der Waals surface area contributed by atoms with Crippen LogP contribution < -0.4 is 10.5 Å². The summed E-state index contributed by atoms with van der Waals surface area (Å²) >= 11 is 0. The first-order valence-electron chi connectivity index (χ1n) is 15.1. The number of hydrogen-bond donors (Lipinski definition) is 1. The van der Waals surface area contributed by atoms with Gasteiger partial charge in [0.2, 0.25) is 8.41 Å². The molecule has 4 atom stereocenters. The number of anilines is 1. The highest BCUT2D eigenvalue weighted by Gasteiger charge is 2.66. The molecule has 0 bridgehead atoms. The summed E-state index contributed by atoms with van der Waals surface area (Å²) in [5.41, 5.74) is 2.05. The number of aromatic nitrogens is 2. The van der Waals surface area contributed by atoms with Crippen molar-refractivity contribution in [2.75, 3.05) is 18.1 Å². The molecule has 2 aromatic carbocycles. The smallest absolute Gasteiger partial charge is 0.279 e. The molecule has 0 saturated carbocycles. The van der Waals surface area contributed by atoms with E-state index in [9.17, 15) is 14.7 Å². The molecule has 3 aromatic rings. The van der Waals surface area contributed by atoms with Crippen molar-refractivity contribution >= 4 is 30.8 Å². The van der Waals surface area contributed by atoms with Crippen molar-refractivity contribution in [3.05, 3.63) is 87.9 Å². The monoisotopic (exact) mass is 603 g/mol. The van der Waals surface area contributed by atoms with Crippen molar-refractivity contribution < 1.29 is 18.7 Å². The topological polar surface area (TPSA) is 84.7 Å². The van der Waals surface area contributed by atoms with Crippen LogP contribution in [-0.4, -0.2) is 48.5 Å². The van der Waals surface area contributed by atoms with E-state index in [-0.39, 0.29) is 24.5 Å². The van der Waals surface area contributed by atoms with Gasteiger partial charge >= 0.3 is 0 Å². The van der Waals surface area contributed by atoms with Gasteiger partial charge in [-0.3, -0.25) is 9.59 Å². The number of aliphatic hydroxyl groups excluding tert-OH is 1. The van der Waals surface area contributed by atoms with Crippen LogP contribution in [0, 0.1) is 5.92 Å². The average Bonchev–Trinajstić information content (AvgIpc) is 3.38. The van der Waals surface area contributed by atoms with E-state index in [2.05, 4.69) is 38.0 Å². The molecule has 5 rings (SSSR count). The SMILES string of the molecule is CC(C)=CCC/C(C)=C/CN1C(=O)[C@]2(O[C@H](CCO)[C@@H]([Si](C)(C)F)[C@@H]2C)c2cc(-n3ncc4ccccc4c3=O)ccc21. The maximum atomic E-state index is 15.9. The molecule has 1 amide bonds.